The van der Waals surface area contributed by atoms with Gasteiger partial charge in [-0.2, -0.15) is 0 Å². The van der Waals surface area contributed by atoms with Gasteiger partial charge in [-0.3, -0.25) is 5.84 Å². The highest BCUT2D eigenvalue weighted by Crippen LogP contribution is 2.34. The average molecular weight is 290 g/mol. The Morgan fingerprint density at radius 2 is 1.90 bits per heavy atom. The molecule has 0 aliphatic carbocycles. The van der Waals surface area contributed by atoms with Crippen molar-refractivity contribution in [2.24, 2.45) is 5.84 Å². The van der Waals surface area contributed by atoms with Crippen molar-refractivity contribution in [3.63, 3.8) is 0 Å². The van der Waals surface area contributed by atoms with E-state index >= 15 is 0 Å². The highest BCUT2D eigenvalue weighted by atomic mass is 19.1. The maximum absolute atomic E-state index is 13.6. The van der Waals surface area contributed by atoms with Gasteiger partial charge in [0.15, 0.2) is 0 Å². The van der Waals surface area contributed by atoms with E-state index in [9.17, 15) is 4.39 Å². The van der Waals surface area contributed by atoms with Crippen LogP contribution in [0.3, 0.4) is 0 Å². The fourth-order valence-corrected chi connectivity index (χ4v) is 2.28. The Morgan fingerprint density at radius 3 is 2.57 bits per heavy atom. The zero-order valence-electron chi connectivity index (χ0n) is 12.1. The summed E-state index contributed by atoms with van der Waals surface area (Å²) >= 11 is 0. The molecule has 0 fully saturated rings. The first-order valence-corrected chi connectivity index (χ1v) is 6.72. The molecule has 3 N–H and O–H groups in total. The van der Waals surface area contributed by atoms with Crippen LogP contribution in [0.25, 0.3) is 0 Å². The molecule has 0 aliphatic rings. The number of halogens is 1. The molecule has 2 aromatic rings. The molecule has 0 radical (unpaired) electrons. The summed E-state index contributed by atoms with van der Waals surface area (Å²) < 4.78 is 24.5. The minimum Gasteiger partial charge on any atom is -0.496 e. The summed E-state index contributed by atoms with van der Waals surface area (Å²) in [5, 5.41) is 0. The fraction of sp³-hybridized carbons (Fsp3) is 0.250. The van der Waals surface area contributed by atoms with E-state index in [-0.39, 0.29) is 5.82 Å². The lowest BCUT2D eigenvalue weighted by Gasteiger charge is -2.22. The number of para-hydroxylation sites is 1. The molecule has 112 valence electrons. The van der Waals surface area contributed by atoms with Gasteiger partial charge in [0.1, 0.15) is 17.3 Å². The minimum atomic E-state index is -0.432. The van der Waals surface area contributed by atoms with Gasteiger partial charge < -0.3 is 9.47 Å². The Labute approximate surface area is 123 Å². The molecule has 0 amide bonds. The Bertz CT molecular complexity index is 605. The van der Waals surface area contributed by atoms with Crippen molar-refractivity contribution in [3.8, 4) is 11.5 Å². The van der Waals surface area contributed by atoms with Crippen LogP contribution < -0.4 is 20.7 Å². The van der Waals surface area contributed by atoms with Crippen molar-refractivity contribution in [2.45, 2.75) is 13.0 Å². The third-order valence-corrected chi connectivity index (χ3v) is 3.20. The second-order valence-corrected chi connectivity index (χ2v) is 4.46. The standard InChI is InChI=1S/C16H19FN2O2/c1-3-21-15-7-5-4-6-12(15)16(19-18)13-10-11(17)8-9-14(13)20-2/h4-10,16,19H,3,18H2,1-2H3. The second kappa shape index (κ2) is 7.06. The van der Waals surface area contributed by atoms with Crippen LogP contribution in [0.2, 0.25) is 0 Å². The summed E-state index contributed by atoms with van der Waals surface area (Å²) in [6.45, 7) is 2.44. The lowest BCUT2D eigenvalue weighted by molar-refractivity contribution is 0.332. The molecule has 1 atom stereocenters. The molecule has 0 spiro atoms. The Hall–Kier alpha value is -2.11. The smallest absolute Gasteiger partial charge is 0.124 e. The zero-order valence-corrected chi connectivity index (χ0v) is 12.1. The number of benzene rings is 2. The minimum absolute atomic E-state index is 0.347. The van der Waals surface area contributed by atoms with Crippen LogP contribution in [-0.4, -0.2) is 13.7 Å². The summed E-state index contributed by atoms with van der Waals surface area (Å²) in [5.41, 5.74) is 4.15. The summed E-state index contributed by atoms with van der Waals surface area (Å²) in [5.74, 6) is 6.61. The van der Waals surface area contributed by atoms with Gasteiger partial charge in [0, 0.05) is 11.1 Å². The van der Waals surface area contributed by atoms with Crippen LogP contribution in [0.15, 0.2) is 42.5 Å². The molecule has 5 heteroatoms. The van der Waals surface area contributed by atoms with Crippen molar-refractivity contribution in [1.82, 2.24) is 5.43 Å². The molecule has 0 saturated carbocycles. The number of ether oxygens (including phenoxy) is 2. The van der Waals surface area contributed by atoms with Crippen molar-refractivity contribution in [2.75, 3.05) is 13.7 Å². The van der Waals surface area contributed by atoms with E-state index in [1.165, 1.54) is 12.1 Å². The maximum Gasteiger partial charge on any atom is 0.124 e. The molecule has 1 unspecified atom stereocenters. The van der Waals surface area contributed by atoms with E-state index in [2.05, 4.69) is 5.43 Å². The molecular formula is C16H19FN2O2. The summed E-state index contributed by atoms with van der Waals surface area (Å²) in [4.78, 5) is 0. The second-order valence-electron chi connectivity index (χ2n) is 4.46. The third kappa shape index (κ3) is 3.32. The predicted molar refractivity (Wildman–Crippen MR) is 79.7 cm³/mol. The third-order valence-electron chi connectivity index (χ3n) is 3.20. The lowest BCUT2D eigenvalue weighted by Crippen LogP contribution is -2.29. The van der Waals surface area contributed by atoms with Crippen LogP contribution in [0.1, 0.15) is 24.1 Å². The molecule has 4 nitrogen and oxygen atoms in total. The zero-order chi connectivity index (χ0) is 15.2. The first-order chi connectivity index (χ1) is 10.2. The van der Waals surface area contributed by atoms with E-state index in [0.717, 1.165) is 5.56 Å². The van der Waals surface area contributed by atoms with E-state index in [4.69, 9.17) is 15.3 Å². The monoisotopic (exact) mass is 290 g/mol. The number of hydrogen-bond acceptors (Lipinski definition) is 4. The molecule has 0 aromatic heterocycles. The molecule has 21 heavy (non-hydrogen) atoms. The number of hydrogen-bond donors (Lipinski definition) is 2. The number of nitrogens with one attached hydrogen (secondary N) is 1. The Morgan fingerprint density at radius 1 is 1.14 bits per heavy atom. The quantitative estimate of drug-likeness (QED) is 0.634. The van der Waals surface area contributed by atoms with Crippen LogP contribution in [0, 0.1) is 5.82 Å². The van der Waals surface area contributed by atoms with Gasteiger partial charge in [-0.05, 0) is 31.2 Å². The molecule has 0 aliphatic heterocycles. The van der Waals surface area contributed by atoms with Crippen LogP contribution in [-0.2, 0) is 0 Å². The number of rotatable bonds is 6. The largest absolute Gasteiger partial charge is 0.496 e. The van der Waals surface area contributed by atoms with Gasteiger partial charge >= 0.3 is 0 Å². The molecule has 2 rings (SSSR count). The lowest BCUT2D eigenvalue weighted by atomic mass is 9.97. The molecule has 0 heterocycles. The number of hydrazine groups is 1. The number of methoxy groups -OCH3 is 1. The molecule has 0 bridgehead atoms. The topological polar surface area (TPSA) is 56.5 Å². The van der Waals surface area contributed by atoms with E-state index in [0.29, 0.717) is 23.7 Å². The number of nitrogens with two attached hydrogens (primary N) is 1. The highest BCUT2D eigenvalue weighted by molar-refractivity contribution is 5.46. The highest BCUT2D eigenvalue weighted by Gasteiger charge is 2.21. The van der Waals surface area contributed by atoms with Crippen molar-refractivity contribution in [1.29, 1.82) is 0 Å². The van der Waals surface area contributed by atoms with Gasteiger partial charge in [0.25, 0.3) is 0 Å². The Kier molecular flexibility index (Phi) is 5.14. The van der Waals surface area contributed by atoms with E-state index in [1.54, 1.807) is 13.2 Å². The van der Waals surface area contributed by atoms with Crippen molar-refractivity contribution >= 4 is 0 Å². The first-order valence-electron chi connectivity index (χ1n) is 6.72. The summed E-state index contributed by atoms with van der Waals surface area (Å²) in [6.07, 6.45) is 0. The van der Waals surface area contributed by atoms with Crippen molar-refractivity contribution in [3.05, 3.63) is 59.4 Å². The SMILES string of the molecule is CCOc1ccccc1C(NN)c1cc(F)ccc1OC. The van der Waals surface area contributed by atoms with Gasteiger partial charge in [-0.1, -0.05) is 18.2 Å². The molecule has 0 saturated heterocycles. The van der Waals surface area contributed by atoms with Gasteiger partial charge in [0.2, 0.25) is 0 Å². The normalized spacial score (nSPS) is 12.0. The average Bonchev–Trinajstić information content (AvgIpc) is 2.50. The maximum atomic E-state index is 13.6. The van der Waals surface area contributed by atoms with Crippen LogP contribution >= 0.6 is 0 Å². The van der Waals surface area contributed by atoms with Gasteiger partial charge in [0.05, 0.1) is 19.8 Å². The van der Waals surface area contributed by atoms with Gasteiger partial charge in [-0.15, -0.1) is 0 Å². The summed E-state index contributed by atoms with van der Waals surface area (Å²) in [6, 6.07) is 11.4. The Balaban J connectivity index is 2.52. The fourth-order valence-electron chi connectivity index (χ4n) is 2.28. The van der Waals surface area contributed by atoms with E-state index in [1.807, 2.05) is 31.2 Å². The van der Waals surface area contributed by atoms with Gasteiger partial charge in [-0.25, -0.2) is 9.82 Å². The van der Waals surface area contributed by atoms with Crippen LogP contribution in [0.5, 0.6) is 11.5 Å². The molecule has 2 aromatic carbocycles. The summed E-state index contributed by atoms with van der Waals surface area (Å²) in [7, 11) is 1.54. The first kappa shape index (κ1) is 15.3. The van der Waals surface area contributed by atoms with Crippen LogP contribution in [0.4, 0.5) is 4.39 Å². The van der Waals surface area contributed by atoms with Crippen molar-refractivity contribution < 1.29 is 13.9 Å². The predicted octanol–water partition coefficient (Wildman–Crippen LogP) is 2.79. The van der Waals surface area contributed by atoms with E-state index < -0.39 is 6.04 Å². The molecular weight excluding hydrogens is 271 g/mol.